The fourth-order valence-electron chi connectivity index (χ4n) is 2.97. The first-order valence-corrected chi connectivity index (χ1v) is 8.42. The molecular weight excluding hydrogens is 355 g/mol. The SMILES string of the molecule is C#CC1(Nc2nc(=O)n(-c3cccnc3C)c3cc(Cl)cc(F)c23)CC1. The number of fused-ring (bicyclic) bond motifs is 1. The first kappa shape index (κ1) is 16.6. The van der Waals surface area contributed by atoms with Gasteiger partial charge >= 0.3 is 5.69 Å². The van der Waals surface area contributed by atoms with Gasteiger partial charge in [-0.05, 0) is 44.0 Å². The molecule has 0 bridgehead atoms. The Morgan fingerprint density at radius 1 is 1.42 bits per heavy atom. The second-order valence-corrected chi connectivity index (χ2v) is 6.76. The number of nitrogens with one attached hydrogen (secondary N) is 1. The lowest BCUT2D eigenvalue weighted by Gasteiger charge is -2.17. The van der Waals surface area contributed by atoms with E-state index >= 15 is 0 Å². The van der Waals surface area contributed by atoms with Gasteiger partial charge in [-0.25, -0.2) is 9.18 Å². The summed E-state index contributed by atoms with van der Waals surface area (Å²) in [7, 11) is 0. The molecule has 0 aliphatic heterocycles. The Bertz CT molecular complexity index is 1140. The van der Waals surface area contributed by atoms with Crippen LogP contribution in [-0.4, -0.2) is 20.1 Å². The maximum absolute atomic E-state index is 14.8. The van der Waals surface area contributed by atoms with E-state index in [1.807, 2.05) is 0 Å². The van der Waals surface area contributed by atoms with Gasteiger partial charge in [0.1, 0.15) is 11.6 Å². The summed E-state index contributed by atoms with van der Waals surface area (Å²) in [4.78, 5) is 21.1. The van der Waals surface area contributed by atoms with Crippen molar-refractivity contribution in [2.75, 3.05) is 5.32 Å². The van der Waals surface area contributed by atoms with Gasteiger partial charge < -0.3 is 5.32 Å². The van der Waals surface area contributed by atoms with Crippen LogP contribution < -0.4 is 11.0 Å². The molecule has 1 aromatic carbocycles. The summed E-state index contributed by atoms with van der Waals surface area (Å²) in [6.07, 6.45) is 8.66. The summed E-state index contributed by atoms with van der Waals surface area (Å²) >= 11 is 6.06. The largest absolute Gasteiger partial charge is 0.354 e. The van der Waals surface area contributed by atoms with E-state index in [0.29, 0.717) is 16.9 Å². The minimum absolute atomic E-state index is 0.132. The van der Waals surface area contributed by atoms with Crippen LogP contribution in [0.25, 0.3) is 16.6 Å². The van der Waals surface area contributed by atoms with Gasteiger partial charge in [-0.15, -0.1) is 6.42 Å². The molecule has 130 valence electrons. The van der Waals surface area contributed by atoms with Crippen molar-refractivity contribution in [2.45, 2.75) is 25.3 Å². The van der Waals surface area contributed by atoms with Crippen molar-refractivity contribution in [3.63, 3.8) is 0 Å². The average molecular weight is 369 g/mol. The summed E-state index contributed by atoms with van der Waals surface area (Å²) in [5, 5.41) is 3.40. The van der Waals surface area contributed by atoms with Crippen molar-refractivity contribution in [2.24, 2.45) is 0 Å². The zero-order chi connectivity index (χ0) is 18.5. The first-order chi connectivity index (χ1) is 12.4. The molecule has 1 aliphatic rings. The van der Waals surface area contributed by atoms with E-state index in [-0.39, 0.29) is 16.2 Å². The number of hydrogen-bond donors (Lipinski definition) is 1. The maximum atomic E-state index is 14.8. The van der Waals surface area contributed by atoms with Crippen molar-refractivity contribution in [3.8, 4) is 18.0 Å². The Morgan fingerprint density at radius 2 is 2.19 bits per heavy atom. The quantitative estimate of drug-likeness (QED) is 0.719. The number of aromatic nitrogens is 3. The smallest absolute Gasteiger partial charge is 0.353 e. The van der Waals surface area contributed by atoms with Gasteiger partial charge in [-0.1, -0.05) is 17.5 Å². The van der Waals surface area contributed by atoms with Crippen LogP contribution >= 0.6 is 11.6 Å². The molecule has 0 spiro atoms. The fraction of sp³-hybridized carbons (Fsp3) is 0.211. The topological polar surface area (TPSA) is 59.8 Å². The molecule has 1 saturated carbocycles. The summed E-state index contributed by atoms with van der Waals surface area (Å²) in [6, 6.07) is 6.15. The van der Waals surface area contributed by atoms with Crippen LogP contribution in [0.5, 0.6) is 0 Å². The van der Waals surface area contributed by atoms with Gasteiger partial charge in [-0.3, -0.25) is 9.55 Å². The van der Waals surface area contributed by atoms with Crippen LogP contribution in [-0.2, 0) is 0 Å². The van der Waals surface area contributed by atoms with Crippen LogP contribution in [0.3, 0.4) is 0 Å². The number of anilines is 1. The predicted molar refractivity (Wildman–Crippen MR) is 99.3 cm³/mol. The van der Waals surface area contributed by atoms with Crippen LogP contribution in [0, 0.1) is 25.1 Å². The van der Waals surface area contributed by atoms with Crippen molar-refractivity contribution >= 4 is 28.3 Å². The fourth-order valence-corrected chi connectivity index (χ4v) is 3.17. The number of hydrogen-bond acceptors (Lipinski definition) is 4. The molecular formula is C19H14ClFN4O. The lowest BCUT2D eigenvalue weighted by Crippen LogP contribution is -2.27. The van der Waals surface area contributed by atoms with E-state index in [9.17, 15) is 9.18 Å². The van der Waals surface area contributed by atoms with E-state index in [1.165, 1.54) is 16.7 Å². The Labute approximate surface area is 153 Å². The third kappa shape index (κ3) is 2.61. The van der Waals surface area contributed by atoms with Crippen LogP contribution in [0.1, 0.15) is 18.5 Å². The molecule has 2 heterocycles. The zero-order valence-corrected chi connectivity index (χ0v) is 14.6. The van der Waals surface area contributed by atoms with Crippen molar-refractivity contribution in [1.29, 1.82) is 0 Å². The molecule has 0 unspecified atom stereocenters. The lowest BCUT2D eigenvalue weighted by molar-refractivity contribution is 0.638. The molecule has 0 amide bonds. The molecule has 1 fully saturated rings. The highest BCUT2D eigenvalue weighted by molar-refractivity contribution is 6.31. The molecule has 5 nitrogen and oxygen atoms in total. The van der Waals surface area contributed by atoms with E-state index in [2.05, 4.69) is 21.2 Å². The van der Waals surface area contributed by atoms with Gasteiger partial charge in [0, 0.05) is 11.2 Å². The zero-order valence-electron chi connectivity index (χ0n) is 13.9. The summed E-state index contributed by atoms with van der Waals surface area (Å²) in [5.74, 6) is 2.21. The highest BCUT2D eigenvalue weighted by Gasteiger charge is 2.42. The molecule has 1 N–H and O–H groups in total. The highest BCUT2D eigenvalue weighted by atomic mass is 35.5. The monoisotopic (exact) mass is 368 g/mol. The van der Waals surface area contributed by atoms with Crippen molar-refractivity contribution in [1.82, 2.24) is 14.5 Å². The number of benzene rings is 1. The second kappa shape index (κ2) is 5.82. The molecule has 4 rings (SSSR count). The first-order valence-electron chi connectivity index (χ1n) is 8.04. The van der Waals surface area contributed by atoms with Gasteiger partial charge in [0.25, 0.3) is 0 Å². The number of aryl methyl sites for hydroxylation is 1. The average Bonchev–Trinajstić information content (AvgIpc) is 3.35. The third-order valence-electron chi connectivity index (χ3n) is 4.51. The highest BCUT2D eigenvalue weighted by Crippen LogP contribution is 2.39. The normalized spacial score (nSPS) is 14.8. The number of halogens is 2. The lowest BCUT2D eigenvalue weighted by atomic mass is 10.1. The Kier molecular flexibility index (Phi) is 3.70. The Balaban J connectivity index is 2.07. The van der Waals surface area contributed by atoms with Crippen LogP contribution in [0.2, 0.25) is 5.02 Å². The van der Waals surface area contributed by atoms with Crippen molar-refractivity contribution in [3.05, 3.63) is 57.5 Å². The number of pyridine rings is 1. The summed E-state index contributed by atoms with van der Waals surface area (Å²) in [6.45, 7) is 1.76. The summed E-state index contributed by atoms with van der Waals surface area (Å²) in [5.41, 5.74) is 0.295. The third-order valence-corrected chi connectivity index (χ3v) is 4.73. The van der Waals surface area contributed by atoms with Gasteiger partial charge in [-0.2, -0.15) is 4.98 Å². The van der Waals surface area contributed by atoms with Crippen LogP contribution in [0.4, 0.5) is 10.2 Å². The molecule has 7 heteroatoms. The van der Waals surface area contributed by atoms with E-state index in [4.69, 9.17) is 18.0 Å². The Morgan fingerprint density at radius 3 is 2.85 bits per heavy atom. The van der Waals surface area contributed by atoms with Crippen LogP contribution in [0.15, 0.2) is 35.3 Å². The molecule has 3 aromatic rings. The minimum Gasteiger partial charge on any atom is -0.353 e. The van der Waals surface area contributed by atoms with E-state index in [1.54, 1.807) is 25.3 Å². The second-order valence-electron chi connectivity index (χ2n) is 6.32. The molecule has 0 saturated heterocycles. The minimum atomic E-state index is -0.578. The van der Waals surface area contributed by atoms with Gasteiger partial charge in [0.05, 0.1) is 27.8 Å². The number of rotatable bonds is 3. The number of terminal acetylenes is 1. The van der Waals surface area contributed by atoms with Gasteiger partial charge in [0.2, 0.25) is 0 Å². The molecule has 1 aliphatic carbocycles. The van der Waals surface area contributed by atoms with Gasteiger partial charge in [0.15, 0.2) is 0 Å². The standard InChI is InChI=1S/C19H14ClFN4O/c1-3-19(6-7-19)24-17-16-13(21)9-12(20)10-15(16)25(18(26)23-17)14-5-4-8-22-11(14)2/h1,4-5,8-10H,6-7H2,2H3,(H,23,24,26). The summed E-state index contributed by atoms with van der Waals surface area (Å²) < 4.78 is 16.1. The predicted octanol–water partition coefficient (Wildman–Crippen LogP) is 3.46. The molecule has 0 atom stereocenters. The maximum Gasteiger partial charge on any atom is 0.354 e. The van der Waals surface area contributed by atoms with E-state index in [0.717, 1.165) is 12.8 Å². The van der Waals surface area contributed by atoms with Crippen molar-refractivity contribution < 1.29 is 4.39 Å². The van der Waals surface area contributed by atoms with E-state index < -0.39 is 17.0 Å². The molecule has 26 heavy (non-hydrogen) atoms. The number of nitrogens with zero attached hydrogens (tertiary/aromatic N) is 3. The molecule has 2 aromatic heterocycles. The molecule has 0 radical (unpaired) electrons. The Hall–Kier alpha value is -2.91.